The van der Waals surface area contributed by atoms with Gasteiger partial charge in [0, 0.05) is 11.3 Å². The summed E-state index contributed by atoms with van der Waals surface area (Å²) in [7, 11) is 0. The molecule has 2 heteroatoms. The largest absolute Gasteiger partial charge is 0.372 e. The molecule has 2 nitrogen and oxygen atoms in total. The fourth-order valence-corrected chi connectivity index (χ4v) is 5.42. The number of rotatable bonds is 3. The van der Waals surface area contributed by atoms with E-state index in [0.29, 0.717) is 0 Å². The van der Waals surface area contributed by atoms with Crippen molar-refractivity contribution < 1.29 is 0 Å². The number of nitrogens with zero attached hydrogens (tertiary/aromatic N) is 1. The number of nitrogens with one attached hydrogen (secondary N) is 1. The maximum absolute atomic E-state index is 5.35. The molecule has 4 aromatic carbocycles. The molecule has 0 radical (unpaired) electrons. The second kappa shape index (κ2) is 7.63. The molecule has 0 aliphatic heterocycles. The van der Waals surface area contributed by atoms with Crippen molar-refractivity contribution in [2.45, 2.75) is 47.6 Å². The minimum atomic E-state index is 0.0105. The molecule has 1 atom stereocenters. The quantitative estimate of drug-likeness (QED) is 0.358. The highest BCUT2D eigenvalue weighted by atomic mass is 15.0. The van der Waals surface area contributed by atoms with E-state index in [0.717, 1.165) is 11.4 Å². The molecular formula is C30H30N2. The standard InChI is InChI=1S/C30H30N2/c1-17-13-19(3)27(20(4)14-17)31-29-24-11-7-9-23-10-8-12-25(26(23)24)30(29)32-28-21(5)15-18(2)16-22(28)6/h7-16,29,31H,1-6H3/b32-30+. The summed E-state index contributed by atoms with van der Waals surface area (Å²) in [5.41, 5.74) is 13.5. The fourth-order valence-electron chi connectivity index (χ4n) is 5.42. The Morgan fingerprint density at radius 3 is 1.88 bits per heavy atom. The Morgan fingerprint density at radius 1 is 0.688 bits per heavy atom. The number of anilines is 1. The summed E-state index contributed by atoms with van der Waals surface area (Å²) in [5, 5.41) is 6.49. The Hall–Kier alpha value is -3.39. The average Bonchev–Trinajstić information content (AvgIpc) is 3.02. The van der Waals surface area contributed by atoms with Gasteiger partial charge < -0.3 is 5.32 Å². The Morgan fingerprint density at radius 2 is 1.25 bits per heavy atom. The number of hydrogen-bond acceptors (Lipinski definition) is 2. The van der Waals surface area contributed by atoms with E-state index in [1.54, 1.807) is 0 Å². The van der Waals surface area contributed by atoms with Gasteiger partial charge in [0.15, 0.2) is 0 Å². The van der Waals surface area contributed by atoms with E-state index < -0.39 is 0 Å². The van der Waals surface area contributed by atoms with E-state index in [-0.39, 0.29) is 6.04 Å². The normalized spacial score (nSPS) is 16.2. The zero-order valence-corrected chi connectivity index (χ0v) is 19.8. The number of hydrogen-bond donors (Lipinski definition) is 1. The zero-order valence-electron chi connectivity index (χ0n) is 19.8. The molecule has 0 amide bonds. The van der Waals surface area contributed by atoms with Crippen molar-refractivity contribution in [3.05, 3.63) is 105 Å². The summed E-state index contributed by atoms with van der Waals surface area (Å²) in [6, 6.07) is 22.2. The molecule has 0 saturated carbocycles. The van der Waals surface area contributed by atoms with Crippen molar-refractivity contribution in [3.63, 3.8) is 0 Å². The van der Waals surface area contributed by atoms with Crippen LogP contribution in [0.1, 0.15) is 50.5 Å². The Labute approximate surface area is 191 Å². The summed E-state index contributed by atoms with van der Waals surface area (Å²) >= 11 is 0. The van der Waals surface area contributed by atoms with Crippen LogP contribution in [0.15, 0.2) is 65.7 Å². The maximum atomic E-state index is 5.35. The lowest BCUT2D eigenvalue weighted by atomic mass is 10.0. The van der Waals surface area contributed by atoms with Crippen molar-refractivity contribution in [1.29, 1.82) is 0 Å². The first-order valence-electron chi connectivity index (χ1n) is 11.4. The summed E-state index contributed by atoms with van der Waals surface area (Å²) < 4.78 is 0. The smallest absolute Gasteiger partial charge is 0.0953 e. The van der Waals surface area contributed by atoms with Crippen LogP contribution in [0.2, 0.25) is 0 Å². The molecule has 5 rings (SSSR count). The third-order valence-electron chi connectivity index (χ3n) is 6.63. The first-order chi connectivity index (χ1) is 15.3. The summed E-state index contributed by atoms with van der Waals surface area (Å²) in [6.45, 7) is 13.0. The van der Waals surface area contributed by atoms with Gasteiger partial charge >= 0.3 is 0 Å². The fraction of sp³-hybridized carbons (Fsp3) is 0.233. The molecule has 32 heavy (non-hydrogen) atoms. The molecule has 4 aromatic rings. The van der Waals surface area contributed by atoms with Gasteiger partial charge in [-0.3, -0.25) is 0 Å². The highest BCUT2D eigenvalue weighted by Gasteiger charge is 2.31. The molecule has 1 unspecified atom stereocenters. The summed E-state index contributed by atoms with van der Waals surface area (Å²) in [4.78, 5) is 5.35. The molecular weight excluding hydrogens is 388 g/mol. The minimum absolute atomic E-state index is 0.0105. The number of aryl methyl sites for hydroxylation is 6. The number of benzene rings is 4. The second-order valence-corrected chi connectivity index (χ2v) is 9.35. The molecule has 0 heterocycles. The van der Waals surface area contributed by atoms with E-state index in [1.165, 1.54) is 61.0 Å². The maximum Gasteiger partial charge on any atom is 0.0953 e. The second-order valence-electron chi connectivity index (χ2n) is 9.35. The van der Waals surface area contributed by atoms with Gasteiger partial charge in [-0.25, -0.2) is 4.99 Å². The van der Waals surface area contributed by atoms with Gasteiger partial charge in [0.05, 0.1) is 17.4 Å². The SMILES string of the molecule is Cc1cc(C)c(/N=C2\c3cccc4cccc(c34)C2Nc2c(C)cc(C)cc2C)c(C)c1. The van der Waals surface area contributed by atoms with E-state index in [2.05, 4.69) is 108 Å². The van der Waals surface area contributed by atoms with Crippen LogP contribution in [0.5, 0.6) is 0 Å². The van der Waals surface area contributed by atoms with Gasteiger partial charge in [-0.05, 0) is 80.1 Å². The molecule has 1 aliphatic carbocycles. The van der Waals surface area contributed by atoms with Crippen LogP contribution >= 0.6 is 0 Å². The average molecular weight is 419 g/mol. The summed E-state index contributed by atoms with van der Waals surface area (Å²) in [6.07, 6.45) is 0. The lowest BCUT2D eigenvalue weighted by Crippen LogP contribution is -2.18. The first-order valence-corrected chi connectivity index (χ1v) is 11.4. The van der Waals surface area contributed by atoms with Gasteiger partial charge in [-0.2, -0.15) is 0 Å². The summed E-state index contributed by atoms with van der Waals surface area (Å²) in [5.74, 6) is 0. The molecule has 0 fully saturated rings. The Kier molecular flexibility index (Phi) is 4.89. The van der Waals surface area contributed by atoms with Crippen LogP contribution in [0.4, 0.5) is 11.4 Å². The number of aliphatic imine (C=N–C) groups is 1. The molecule has 160 valence electrons. The van der Waals surface area contributed by atoms with Crippen LogP contribution < -0.4 is 5.32 Å². The van der Waals surface area contributed by atoms with Crippen molar-refractivity contribution in [3.8, 4) is 0 Å². The van der Waals surface area contributed by atoms with E-state index >= 15 is 0 Å². The zero-order chi connectivity index (χ0) is 22.6. The van der Waals surface area contributed by atoms with Crippen LogP contribution in [-0.4, -0.2) is 5.71 Å². The van der Waals surface area contributed by atoms with Crippen molar-refractivity contribution >= 4 is 27.9 Å². The van der Waals surface area contributed by atoms with E-state index in [4.69, 9.17) is 4.99 Å². The molecule has 0 bridgehead atoms. The molecule has 1 aliphatic rings. The Bertz CT molecular complexity index is 1360. The highest BCUT2D eigenvalue weighted by molar-refractivity contribution is 6.22. The van der Waals surface area contributed by atoms with Gasteiger partial charge in [0.1, 0.15) is 0 Å². The third kappa shape index (κ3) is 3.31. The molecule has 0 saturated heterocycles. The predicted molar refractivity (Wildman–Crippen MR) is 138 cm³/mol. The monoisotopic (exact) mass is 418 g/mol. The van der Waals surface area contributed by atoms with Crippen LogP contribution in [-0.2, 0) is 0 Å². The first kappa shape index (κ1) is 20.5. The van der Waals surface area contributed by atoms with Gasteiger partial charge in [0.2, 0.25) is 0 Å². The van der Waals surface area contributed by atoms with Crippen LogP contribution in [0, 0.1) is 41.5 Å². The molecule has 0 aromatic heterocycles. The highest BCUT2D eigenvalue weighted by Crippen LogP contribution is 2.42. The van der Waals surface area contributed by atoms with Crippen molar-refractivity contribution in [1.82, 2.24) is 0 Å². The van der Waals surface area contributed by atoms with Gasteiger partial charge in [-0.15, -0.1) is 0 Å². The lowest BCUT2D eigenvalue weighted by molar-refractivity contribution is 1.05. The Balaban J connectivity index is 1.74. The predicted octanol–water partition coefficient (Wildman–Crippen LogP) is 7.98. The van der Waals surface area contributed by atoms with E-state index in [9.17, 15) is 0 Å². The lowest BCUT2D eigenvalue weighted by Gasteiger charge is -2.22. The molecule has 1 N–H and O–H groups in total. The van der Waals surface area contributed by atoms with Crippen LogP contribution in [0.3, 0.4) is 0 Å². The third-order valence-corrected chi connectivity index (χ3v) is 6.63. The topological polar surface area (TPSA) is 24.4 Å². The van der Waals surface area contributed by atoms with Gasteiger partial charge in [-0.1, -0.05) is 71.8 Å². The molecule has 0 spiro atoms. The van der Waals surface area contributed by atoms with Crippen LogP contribution in [0.25, 0.3) is 10.8 Å². The minimum Gasteiger partial charge on any atom is -0.372 e. The van der Waals surface area contributed by atoms with Crippen molar-refractivity contribution in [2.75, 3.05) is 5.32 Å². The van der Waals surface area contributed by atoms with Crippen molar-refractivity contribution in [2.24, 2.45) is 4.99 Å². The van der Waals surface area contributed by atoms with E-state index in [1.807, 2.05) is 0 Å². The van der Waals surface area contributed by atoms with Gasteiger partial charge in [0.25, 0.3) is 0 Å².